The summed E-state index contributed by atoms with van der Waals surface area (Å²) in [7, 11) is 0. The maximum atomic E-state index is 13.3. The molecule has 1 saturated carbocycles. The molecule has 1 aliphatic rings. The first-order valence-electron chi connectivity index (χ1n) is 8.44. The normalized spacial score (nSPS) is 15.8. The zero-order chi connectivity index (χ0) is 16.9. The molecule has 24 heavy (non-hydrogen) atoms. The van der Waals surface area contributed by atoms with E-state index in [1.165, 1.54) is 31.7 Å². The van der Waals surface area contributed by atoms with E-state index in [9.17, 15) is 8.78 Å². The van der Waals surface area contributed by atoms with Crippen molar-refractivity contribution in [1.82, 2.24) is 9.97 Å². The summed E-state index contributed by atoms with van der Waals surface area (Å²) in [5.74, 6) is -0.616. The fourth-order valence-electron chi connectivity index (χ4n) is 3.03. The fraction of sp³-hybridized carbons (Fsp3) is 0.444. The largest absolute Gasteiger partial charge is 0.351 e. The second kappa shape index (κ2) is 7.55. The van der Waals surface area contributed by atoms with E-state index in [2.05, 4.69) is 20.6 Å². The molecule has 3 rings (SSSR count). The van der Waals surface area contributed by atoms with Crippen molar-refractivity contribution in [3.05, 3.63) is 41.6 Å². The van der Waals surface area contributed by atoms with Crippen molar-refractivity contribution < 1.29 is 8.78 Å². The smallest absolute Gasteiger partial charge is 0.225 e. The highest BCUT2D eigenvalue weighted by Crippen LogP contribution is 2.22. The van der Waals surface area contributed by atoms with E-state index in [1.807, 2.05) is 6.92 Å². The highest BCUT2D eigenvalue weighted by atomic mass is 19.2. The Hall–Kier alpha value is -2.24. The maximum Gasteiger partial charge on any atom is 0.225 e. The van der Waals surface area contributed by atoms with E-state index in [1.54, 1.807) is 6.07 Å². The summed E-state index contributed by atoms with van der Waals surface area (Å²) >= 11 is 0. The molecule has 1 aliphatic carbocycles. The average Bonchev–Trinajstić information content (AvgIpc) is 2.79. The van der Waals surface area contributed by atoms with Crippen molar-refractivity contribution in [2.45, 2.75) is 51.5 Å². The first-order chi connectivity index (χ1) is 11.6. The van der Waals surface area contributed by atoms with Gasteiger partial charge in [-0.3, -0.25) is 0 Å². The number of anilines is 3. The Labute approximate surface area is 140 Å². The van der Waals surface area contributed by atoms with Gasteiger partial charge >= 0.3 is 0 Å². The number of aryl methyl sites for hydroxylation is 1. The molecular weight excluding hydrogens is 310 g/mol. The van der Waals surface area contributed by atoms with E-state index in [0.29, 0.717) is 23.5 Å². The highest BCUT2D eigenvalue weighted by molar-refractivity contribution is 5.57. The first kappa shape index (κ1) is 16.6. The van der Waals surface area contributed by atoms with Crippen molar-refractivity contribution in [2.75, 3.05) is 10.6 Å². The molecule has 2 N–H and O–H groups in total. The van der Waals surface area contributed by atoms with Crippen LogP contribution in [0.4, 0.5) is 26.2 Å². The van der Waals surface area contributed by atoms with Gasteiger partial charge in [-0.15, -0.1) is 0 Å². The van der Waals surface area contributed by atoms with Gasteiger partial charge in [0.15, 0.2) is 11.6 Å². The van der Waals surface area contributed by atoms with Crippen LogP contribution in [0.5, 0.6) is 0 Å². The van der Waals surface area contributed by atoms with Crippen LogP contribution in [0.15, 0.2) is 24.3 Å². The Bertz CT molecular complexity index is 697. The zero-order valence-electron chi connectivity index (χ0n) is 13.8. The molecule has 1 aromatic heterocycles. The summed E-state index contributed by atoms with van der Waals surface area (Å²) < 4.78 is 26.3. The van der Waals surface area contributed by atoms with Crippen molar-refractivity contribution >= 4 is 17.5 Å². The number of hydrogen-bond donors (Lipinski definition) is 2. The lowest BCUT2D eigenvalue weighted by Gasteiger charge is -2.17. The number of nitrogens with zero attached hydrogens (tertiary/aromatic N) is 2. The van der Waals surface area contributed by atoms with E-state index in [-0.39, 0.29) is 0 Å². The van der Waals surface area contributed by atoms with Crippen molar-refractivity contribution in [3.63, 3.8) is 0 Å². The monoisotopic (exact) mass is 332 g/mol. The summed E-state index contributed by atoms with van der Waals surface area (Å²) in [5.41, 5.74) is 1.26. The standard InChI is InChI=1S/C18H22F2N4/c1-12-10-17(22-14-8-9-15(19)16(20)11-14)24-18(21-12)23-13-6-4-2-3-5-7-13/h8-11,13H,2-7H2,1H3,(H2,21,22,23,24). The lowest BCUT2D eigenvalue weighted by Crippen LogP contribution is -2.20. The Balaban J connectivity index is 1.74. The van der Waals surface area contributed by atoms with Crippen molar-refractivity contribution in [1.29, 1.82) is 0 Å². The maximum absolute atomic E-state index is 13.3. The van der Waals surface area contributed by atoms with Crippen molar-refractivity contribution in [3.8, 4) is 0 Å². The summed E-state index contributed by atoms with van der Waals surface area (Å²) in [6.07, 6.45) is 7.28. The minimum Gasteiger partial charge on any atom is -0.351 e. The van der Waals surface area contributed by atoms with Gasteiger partial charge in [0.1, 0.15) is 5.82 Å². The fourth-order valence-corrected chi connectivity index (χ4v) is 3.03. The molecule has 6 heteroatoms. The van der Waals surface area contributed by atoms with Crippen LogP contribution in [0.3, 0.4) is 0 Å². The minimum absolute atomic E-state index is 0.394. The molecule has 0 unspecified atom stereocenters. The van der Waals surface area contributed by atoms with Gasteiger partial charge < -0.3 is 10.6 Å². The van der Waals surface area contributed by atoms with Crippen LogP contribution in [0.25, 0.3) is 0 Å². The molecule has 4 nitrogen and oxygen atoms in total. The van der Waals surface area contributed by atoms with Crippen LogP contribution in [0.1, 0.15) is 44.2 Å². The summed E-state index contributed by atoms with van der Waals surface area (Å²) in [5, 5.41) is 6.42. The molecule has 1 aromatic carbocycles. The quantitative estimate of drug-likeness (QED) is 0.779. The number of hydrogen-bond acceptors (Lipinski definition) is 4. The van der Waals surface area contributed by atoms with Gasteiger partial charge in [-0.05, 0) is 31.9 Å². The van der Waals surface area contributed by atoms with Crippen LogP contribution >= 0.6 is 0 Å². The summed E-state index contributed by atoms with van der Waals surface area (Å²) in [4.78, 5) is 8.89. The third-order valence-electron chi connectivity index (χ3n) is 4.23. The van der Waals surface area contributed by atoms with Crippen LogP contribution in [-0.2, 0) is 0 Å². The molecule has 1 fully saturated rings. The van der Waals surface area contributed by atoms with Crippen LogP contribution in [0.2, 0.25) is 0 Å². The van der Waals surface area contributed by atoms with Gasteiger partial charge in [-0.25, -0.2) is 13.8 Å². The van der Waals surface area contributed by atoms with Gasteiger partial charge in [0.05, 0.1) is 0 Å². The highest BCUT2D eigenvalue weighted by Gasteiger charge is 2.14. The van der Waals surface area contributed by atoms with Crippen LogP contribution in [0, 0.1) is 18.6 Å². The van der Waals surface area contributed by atoms with E-state index >= 15 is 0 Å². The lowest BCUT2D eigenvalue weighted by molar-refractivity contribution is 0.509. The van der Waals surface area contributed by atoms with Gasteiger partial charge in [0, 0.05) is 29.6 Å². The zero-order valence-corrected chi connectivity index (χ0v) is 13.8. The molecule has 128 valence electrons. The van der Waals surface area contributed by atoms with Crippen LogP contribution < -0.4 is 10.6 Å². The van der Waals surface area contributed by atoms with Crippen molar-refractivity contribution in [2.24, 2.45) is 0 Å². The van der Waals surface area contributed by atoms with E-state index in [4.69, 9.17) is 0 Å². The Morgan fingerprint density at radius 2 is 1.71 bits per heavy atom. The van der Waals surface area contributed by atoms with Gasteiger partial charge in [0.25, 0.3) is 0 Å². The summed E-state index contributed by atoms with van der Waals surface area (Å²) in [6, 6.07) is 5.86. The Morgan fingerprint density at radius 1 is 0.958 bits per heavy atom. The SMILES string of the molecule is Cc1cc(Nc2ccc(F)c(F)c2)nc(NC2CCCCCC2)n1. The van der Waals surface area contributed by atoms with Gasteiger partial charge in [0.2, 0.25) is 5.95 Å². The van der Waals surface area contributed by atoms with Gasteiger partial charge in [-0.2, -0.15) is 4.98 Å². The van der Waals surface area contributed by atoms with E-state index in [0.717, 1.165) is 30.7 Å². The number of benzene rings is 1. The number of aromatic nitrogens is 2. The van der Waals surface area contributed by atoms with Gasteiger partial charge in [-0.1, -0.05) is 25.7 Å². The molecule has 0 amide bonds. The van der Waals surface area contributed by atoms with E-state index < -0.39 is 11.6 Å². The number of halogens is 2. The topological polar surface area (TPSA) is 49.8 Å². The predicted molar refractivity (Wildman–Crippen MR) is 91.5 cm³/mol. The molecule has 0 spiro atoms. The number of nitrogens with one attached hydrogen (secondary N) is 2. The van der Waals surface area contributed by atoms with Crippen LogP contribution in [-0.4, -0.2) is 16.0 Å². The second-order valence-electron chi connectivity index (χ2n) is 6.30. The number of rotatable bonds is 4. The molecule has 0 aliphatic heterocycles. The molecule has 0 radical (unpaired) electrons. The molecular formula is C18H22F2N4. The lowest BCUT2D eigenvalue weighted by atomic mass is 10.1. The predicted octanol–water partition coefficient (Wildman–Crippen LogP) is 4.94. The summed E-state index contributed by atoms with van der Waals surface area (Å²) in [6.45, 7) is 1.89. The molecule has 0 bridgehead atoms. The third kappa shape index (κ3) is 4.40. The molecule has 1 heterocycles. The second-order valence-corrected chi connectivity index (χ2v) is 6.30. The molecule has 2 aromatic rings. The molecule has 0 saturated heterocycles. The minimum atomic E-state index is -0.886. The Kier molecular flexibility index (Phi) is 5.23. The third-order valence-corrected chi connectivity index (χ3v) is 4.23. The average molecular weight is 332 g/mol. The molecule has 0 atom stereocenters. The first-order valence-corrected chi connectivity index (χ1v) is 8.44. The Morgan fingerprint density at radius 3 is 2.42 bits per heavy atom.